The van der Waals surface area contributed by atoms with E-state index >= 15 is 0 Å². The number of hydrogen-bond acceptors (Lipinski definition) is 5. The molecule has 0 bridgehead atoms. The highest BCUT2D eigenvalue weighted by molar-refractivity contribution is 5.97. The van der Waals surface area contributed by atoms with E-state index in [-0.39, 0.29) is 17.4 Å². The Morgan fingerprint density at radius 2 is 2.05 bits per heavy atom. The van der Waals surface area contributed by atoms with E-state index in [0.717, 1.165) is 0 Å². The van der Waals surface area contributed by atoms with Gasteiger partial charge in [0.1, 0.15) is 11.6 Å². The molecule has 0 fully saturated rings. The molecule has 0 amide bonds. The van der Waals surface area contributed by atoms with Crippen molar-refractivity contribution in [2.24, 2.45) is 5.73 Å². The fourth-order valence-electron chi connectivity index (χ4n) is 1.83. The van der Waals surface area contributed by atoms with Crippen LogP contribution < -0.4 is 10.5 Å². The van der Waals surface area contributed by atoms with Crippen LogP contribution in [0.3, 0.4) is 0 Å². The Bertz CT molecular complexity index is 728. The lowest BCUT2D eigenvalue weighted by atomic mass is 10.2. The number of hydrogen-bond donors (Lipinski definition) is 2. The van der Waals surface area contributed by atoms with Gasteiger partial charge < -0.3 is 10.5 Å². The second kappa shape index (κ2) is 5.58. The van der Waals surface area contributed by atoms with Gasteiger partial charge in [0, 0.05) is 11.8 Å². The van der Waals surface area contributed by atoms with Gasteiger partial charge in [-0.15, -0.1) is 0 Å². The van der Waals surface area contributed by atoms with Gasteiger partial charge in [0.25, 0.3) is 5.69 Å². The molecule has 3 N–H and O–H groups in total. The van der Waals surface area contributed by atoms with Crippen molar-refractivity contribution in [3.63, 3.8) is 0 Å². The van der Waals surface area contributed by atoms with Gasteiger partial charge in [-0.25, -0.2) is 4.98 Å². The molecule has 1 heterocycles. The minimum Gasteiger partial charge on any atom is -0.438 e. The summed E-state index contributed by atoms with van der Waals surface area (Å²) in [4.78, 5) is 14.7. The fourth-order valence-corrected chi connectivity index (χ4v) is 1.83. The van der Waals surface area contributed by atoms with Crippen LogP contribution in [-0.2, 0) is 0 Å². The zero-order chi connectivity index (χ0) is 15.6. The molecule has 0 aliphatic carbocycles. The average Bonchev–Trinajstić information content (AvgIpc) is 2.40. The smallest absolute Gasteiger partial charge is 0.276 e. The first-order chi connectivity index (χ1) is 9.90. The molecule has 0 spiro atoms. The zero-order valence-corrected chi connectivity index (χ0v) is 11.6. The van der Waals surface area contributed by atoms with Crippen molar-refractivity contribution >= 4 is 11.5 Å². The first-order valence-electron chi connectivity index (χ1n) is 6.14. The van der Waals surface area contributed by atoms with Gasteiger partial charge in [0.05, 0.1) is 16.1 Å². The lowest BCUT2D eigenvalue weighted by Gasteiger charge is -2.11. The number of amidine groups is 1. The highest BCUT2D eigenvalue weighted by atomic mass is 16.6. The molecule has 0 radical (unpaired) electrons. The first kappa shape index (κ1) is 14.4. The Morgan fingerprint density at radius 3 is 2.67 bits per heavy atom. The number of ether oxygens (including phenoxy) is 1. The van der Waals surface area contributed by atoms with Crippen molar-refractivity contribution in [3.05, 3.63) is 57.3 Å². The SMILES string of the molecule is Cc1ccc(C(=N)N)c(Oc2cccc([N+](=O)[O-])c2C)n1. The summed E-state index contributed by atoms with van der Waals surface area (Å²) in [7, 11) is 0. The van der Waals surface area contributed by atoms with Crippen LogP contribution in [0.1, 0.15) is 16.8 Å². The summed E-state index contributed by atoms with van der Waals surface area (Å²) >= 11 is 0. The van der Waals surface area contributed by atoms with Crippen molar-refractivity contribution in [2.45, 2.75) is 13.8 Å². The molecule has 7 nitrogen and oxygen atoms in total. The topological polar surface area (TPSA) is 115 Å². The van der Waals surface area contributed by atoms with Gasteiger partial charge in [0.2, 0.25) is 5.88 Å². The van der Waals surface area contributed by atoms with Crippen molar-refractivity contribution < 1.29 is 9.66 Å². The summed E-state index contributed by atoms with van der Waals surface area (Å²) in [6.45, 7) is 3.37. The molecule has 1 aromatic carbocycles. The molecule has 2 rings (SSSR count). The number of nitrogens with one attached hydrogen (secondary N) is 1. The number of aromatic nitrogens is 1. The molecular weight excluding hydrogens is 272 g/mol. The molecule has 21 heavy (non-hydrogen) atoms. The average molecular weight is 286 g/mol. The Balaban J connectivity index is 2.48. The highest BCUT2D eigenvalue weighted by Gasteiger charge is 2.17. The Kier molecular flexibility index (Phi) is 3.84. The van der Waals surface area contributed by atoms with E-state index in [4.69, 9.17) is 15.9 Å². The predicted molar refractivity (Wildman–Crippen MR) is 77.9 cm³/mol. The molecule has 2 aromatic rings. The zero-order valence-electron chi connectivity index (χ0n) is 11.6. The molecule has 108 valence electrons. The number of nitrogens with zero attached hydrogens (tertiary/aromatic N) is 2. The second-order valence-electron chi connectivity index (χ2n) is 4.48. The second-order valence-corrected chi connectivity index (χ2v) is 4.48. The third kappa shape index (κ3) is 2.97. The monoisotopic (exact) mass is 286 g/mol. The van der Waals surface area contributed by atoms with E-state index in [1.165, 1.54) is 12.1 Å². The van der Waals surface area contributed by atoms with Crippen LogP contribution in [0.4, 0.5) is 5.69 Å². The lowest BCUT2D eigenvalue weighted by Crippen LogP contribution is -2.13. The number of nitrogen functional groups attached to an aromatic ring is 1. The van der Waals surface area contributed by atoms with E-state index in [2.05, 4.69) is 4.98 Å². The molecule has 1 aromatic heterocycles. The third-order valence-corrected chi connectivity index (χ3v) is 2.95. The number of pyridine rings is 1. The van der Waals surface area contributed by atoms with E-state index in [1.54, 1.807) is 32.0 Å². The number of nitrogens with two attached hydrogens (primary N) is 1. The van der Waals surface area contributed by atoms with Crippen molar-refractivity contribution in [1.29, 1.82) is 5.41 Å². The summed E-state index contributed by atoms with van der Waals surface area (Å²) in [5.41, 5.74) is 6.87. The molecule has 0 atom stereocenters. The number of benzene rings is 1. The van der Waals surface area contributed by atoms with E-state index in [1.807, 2.05) is 0 Å². The quantitative estimate of drug-likeness (QED) is 0.388. The summed E-state index contributed by atoms with van der Waals surface area (Å²) < 4.78 is 5.64. The van der Waals surface area contributed by atoms with Crippen LogP contribution in [0.2, 0.25) is 0 Å². The van der Waals surface area contributed by atoms with E-state index in [0.29, 0.717) is 22.6 Å². The van der Waals surface area contributed by atoms with Gasteiger partial charge in [-0.1, -0.05) is 6.07 Å². The number of rotatable bonds is 4. The maximum Gasteiger partial charge on any atom is 0.276 e. The minimum atomic E-state index is -0.474. The van der Waals surface area contributed by atoms with Crippen LogP contribution in [0, 0.1) is 29.4 Å². The maximum absolute atomic E-state index is 10.9. The van der Waals surface area contributed by atoms with Crippen LogP contribution >= 0.6 is 0 Å². The Morgan fingerprint density at radius 1 is 1.33 bits per heavy atom. The largest absolute Gasteiger partial charge is 0.438 e. The molecule has 0 saturated heterocycles. The maximum atomic E-state index is 10.9. The Hall–Kier alpha value is -2.96. The van der Waals surface area contributed by atoms with Crippen molar-refractivity contribution in [2.75, 3.05) is 0 Å². The number of aryl methyl sites for hydroxylation is 1. The van der Waals surface area contributed by atoms with Gasteiger partial charge in [0.15, 0.2) is 0 Å². The number of nitro groups is 1. The van der Waals surface area contributed by atoms with Gasteiger partial charge in [-0.05, 0) is 32.0 Å². The molecular formula is C14H14N4O3. The summed E-state index contributed by atoms with van der Waals surface area (Å²) in [5.74, 6) is 0.288. The molecule has 0 aliphatic heterocycles. The summed E-state index contributed by atoms with van der Waals surface area (Å²) in [6, 6.07) is 7.88. The Labute approximate surface area is 121 Å². The van der Waals surface area contributed by atoms with Gasteiger partial charge in [-0.2, -0.15) is 0 Å². The van der Waals surface area contributed by atoms with Crippen LogP contribution in [-0.4, -0.2) is 15.7 Å². The molecule has 0 unspecified atom stereocenters. The predicted octanol–water partition coefficient (Wildman–Crippen LogP) is 2.68. The first-order valence-corrected chi connectivity index (χ1v) is 6.14. The normalized spacial score (nSPS) is 10.2. The van der Waals surface area contributed by atoms with Crippen LogP contribution in [0.25, 0.3) is 0 Å². The molecule has 7 heteroatoms. The third-order valence-electron chi connectivity index (χ3n) is 2.95. The number of nitro benzene ring substituents is 1. The van der Waals surface area contributed by atoms with E-state index in [9.17, 15) is 10.1 Å². The van der Waals surface area contributed by atoms with Gasteiger partial charge in [-0.3, -0.25) is 15.5 Å². The molecule has 0 saturated carbocycles. The van der Waals surface area contributed by atoms with E-state index < -0.39 is 4.92 Å². The van der Waals surface area contributed by atoms with Crippen molar-refractivity contribution in [1.82, 2.24) is 4.98 Å². The highest BCUT2D eigenvalue weighted by Crippen LogP contribution is 2.31. The summed E-state index contributed by atoms with van der Waals surface area (Å²) in [6.07, 6.45) is 0. The van der Waals surface area contributed by atoms with Crippen molar-refractivity contribution in [3.8, 4) is 11.6 Å². The van der Waals surface area contributed by atoms with Crippen LogP contribution in [0.15, 0.2) is 30.3 Å². The van der Waals surface area contributed by atoms with Crippen LogP contribution in [0.5, 0.6) is 11.6 Å². The summed E-state index contributed by atoms with van der Waals surface area (Å²) in [5, 5.41) is 18.5. The van der Waals surface area contributed by atoms with Gasteiger partial charge >= 0.3 is 0 Å². The minimum absolute atomic E-state index is 0.0375. The standard InChI is InChI=1S/C14H14N4O3/c1-8-6-7-10(13(15)16)14(17-8)21-12-5-3-4-11(9(12)2)18(19)20/h3-7H,1-2H3,(H3,15,16). The lowest BCUT2D eigenvalue weighted by molar-refractivity contribution is -0.385. The fraction of sp³-hybridized carbons (Fsp3) is 0.143. The molecule has 0 aliphatic rings.